The van der Waals surface area contributed by atoms with E-state index in [0.717, 1.165) is 8.81 Å². The maximum Gasteiger partial charge on any atom is 0.0887 e. The number of benzene rings is 2. The van der Waals surface area contributed by atoms with Crippen molar-refractivity contribution in [1.29, 1.82) is 0 Å². The number of halogens is 3. The Morgan fingerprint density at radius 1 is 1.05 bits per heavy atom. The van der Waals surface area contributed by atoms with Gasteiger partial charge in [0, 0.05) is 4.88 Å². The highest BCUT2D eigenvalue weighted by Crippen LogP contribution is 2.42. The van der Waals surface area contributed by atoms with Gasteiger partial charge in [0.2, 0.25) is 0 Å². The summed E-state index contributed by atoms with van der Waals surface area (Å²) in [6.07, 6.45) is 0. The van der Waals surface area contributed by atoms with Crippen LogP contribution in [0.4, 0.5) is 0 Å². The third-order valence-corrected chi connectivity index (χ3v) is 6.84. The van der Waals surface area contributed by atoms with Gasteiger partial charge in [0.05, 0.1) is 13.6 Å². The molecule has 0 aliphatic heterocycles. The highest BCUT2D eigenvalue weighted by Gasteiger charge is 2.17. The van der Waals surface area contributed by atoms with Gasteiger partial charge in [0.25, 0.3) is 0 Å². The Balaban J connectivity index is 2.13. The lowest BCUT2D eigenvalue weighted by atomic mass is 10.0. The standard InChI is InChI=1S/C15H9Br2ClS/c16-14(13-8-12(18)15(17)19-13)11-7-3-5-9-4-1-2-6-10(9)11/h1-8,14H. The van der Waals surface area contributed by atoms with Crippen molar-refractivity contribution in [2.75, 3.05) is 0 Å². The average molecular weight is 417 g/mol. The molecule has 0 aliphatic rings. The molecule has 3 aromatic rings. The Morgan fingerprint density at radius 2 is 1.79 bits per heavy atom. The summed E-state index contributed by atoms with van der Waals surface area (Å²) in [6, 6.07) is 16.8. The summed E-state index contributed by atoms with van der Waals surface area (Å²) in [4.78, 5) is 1.36. The Morgan fingerprint density at radius 3 is 2.53 bits per heavy atom. The van der Waals surface area contributed by atoms with Gasteiger partial charge in [-0.15, -0.1) is 11.3 Å². The summed E-state index contributed by atoms with van der Waals surface area (Å²) < 4.78 is 0.980. The summed E-state index contributed by atoms with van der Waals surface area (Å²) in [7, 11) is 0. The largest absolute Gasteiger partial charge is 0.130 e. The average Bonchev–Trinajstić information content (AvgIpc) is 2.77. The first-order chi connectivity index (χ1) is 9.16. The van der Waals surface area contributed by atoms with Crippen molar-refractivity contribution in [3.05, 3.63) is 67.8 Å². The maximum absolute atomic E-state index is 6.12. The van der Waals surface area contributed by atoms with Gasteiger partial charge in [-0.1, -0.05) is 70.0 Å². The van der Waals surface area contributed by atoms with Gasteiger partial charge in [0.1, 0.15) is 0 Å². The van der Waals surface area contributed by atoms with Crippen LogP contribution >= 0.6 is 54.8 Å². The SMILES string of the molecule is Clc1cc(C(Br)c2cccc3ccccc23)sc1Br. The molecule has 4 heteroatoms. The minimum Gasteiger partial charge on any atom is -0.130 e. The van der Waals surface area contributed by atoms with Crippen LogP contribution in [-0.2, 0) is 0 Å². The van der Waals surface area contributed by atoms with Crippen LogP contribution in [0.25, 0.3) is 10.8 Å². The molecule has 1 atom stereocenters. The summed E-state index contributed by atoms with van der Waals surface area (Å²) in [5.74, 6) is 0. The number of alkyl halides is 1. The molecule has 1 heterocycles. The minimum atomic E-state index is 0.160. The molecule has 0 nitrogen and oxygen atoms in total. The van der Waals surface area contributed by atoms with Crippen LogP contribution in [0.1, 0.15) is 15.3 Å². The molecule has 0 saturated heterocycles. The fourth-order valence-electron chi connectivity index (χ4n) is 2.11. The highest BCUT2D eigenvalue weighted by atomic mass is 79.9. The van der Waals surface area contributed by atoms with Gasteiger partial charge in [-0.05, 0) is 38.3 Å². The van der Waals surface area contributed by atoms with E-state index in [4.69, 9.17) is 11.6 Å². The van der Waals surface area contributed by atoms with E-state index in [0.29, 0.717) is 0 Å². The molecule has 1 unspecified atom stereocenters. The molecule has 2 aromatic carbocycles. The lowest BCUT2D eigenvalue weighted by Gasteiger charge is -2.11. The van der Waals surface area contributed by atoms with E-state index < -0.39 is 0 Å². The van der Waals surface area contributed by atoms with E-state index >= 15 is 0 Å². The van der Waals surface area contributed by atoms with Gasteiger partial charge in [-0.2, -0.15) is 0 Å². The van der Waals surface area contributed by atoms with Crippen molar-refractivity contribution in [3.63, 3.8) is 0 Å². The summed E-state index contributed by atoms with van der Waals surface area (Å²) in [5.41, 5.74) is 1.27. The zero-order valence-electron chi connectivity index (χ0n) is 9.74. The van der Waals surface area contributed by atoms with Gasteiger partial charge in [-0.25, -0.2) is 0 Å². The van der Waals surface area contributed by atoms with Crippen molar-refractivity contribution in [1.82, 2.24) is 0 Å². The van der Waals surface area contributed by atoms with Crippen molar-refractivity contribution in [2.45, 2.75) is 4.83 Å². The molecule has 19 heavy (non-hydrogen) atoms. The predicted octanol–water partition coefficient (Wildman–Crippen LogP) is 6.80. The van der Waals surface area contributed by atoms with Gasteiger partial charge in [-0.3, -0.25) is 0 Å². The van der Waals surface area contributed by atoms with Crippen molar-refractivity contribution in [3.8, 4) is 0 Å². The number of hydrogen-bond donors (Lipinski definition) is 0. The van der Waals surface area contributed by atoms with Crippen LogP contribution in [0, 0.1) is 0 Å². The van der Waals surface area contributed by atoms with E-state index in [1.165, 1.54) is 21.2 Å². The van der Waals surface area contributed by atoms with Crippen LogP contribution in [0.3, 0.4) is 0 Å². The molecular weight excluding hydrogens is 407 g/mol. The summed E-state index contributed by atoms with van der Waals surface area (Å²) in [5, 5.41) is 3.29. The Labute approximate surface area is 137 Å². The van der Waals surface area contributed by atoms with E-state index in [2.05, 4.69) is 74.3 Å². The second-order valence-corrected chi connectivity index (χ2v) is 7.93. The molecule has 0 spiro atoms. The van der Waals surface area contributed by atoms with Crippen molar-refractivity contribution >= 4 is 65.6 Å². The second kappa shape index (κ2) is 5.57. The molecule has 0 saturated carbocycles. The van der Waals surface area contributed by atoms with Crippen LogP contribution in [0.15, 0.2) is 52.3 Å². The Kier molecular flexibility index (Phi) is 3.99. The maximum atomic E-state index is 6.12. The van der Waals surface area contributed by atoms with Crippen LogP contribution in [0.2, 0.25) is 5.02 Å². The lowest BCUT2D eigenvalue weighted by Crippen LogP contribution is -1.91. The van der Waals surface area contributed by atoms with Crippen LogP contribution in [0.5, 0.6) is 0 Å². The topological polar surface area (TPSA) is 0 Å². The molecule has 0 aliphatic carbocycles. The van der Waals surface area contributed by atoms with Crippen molar-refractivity contribution in [2.24, 2.45) is 0 Å². The van der Waals surface area contributed by atoms with Crippen LogP contribution < -0.4 is 0 Å². The van der Waals surface area contributed by atoms with E-state index in [-0.39, 0.29) is 4.83 Å². The van der Waals surface area contributed by atoms with Gasteiger partial charge >= 0.3 is 0 Å². The first kappa shape index (κ1) is 13.6. The second-order valence-electron chi connectivity index (χ2n) is 4.20. The zero-order valence-corrected chi connectivity index (χ0v) is 14.5. The van der Waals surface area contributed by atoms with Gasteiger partial charge < -0.3 is 0 Å². The number of hydrogen-bond acceptors (Lipinski definition) is 1. The van der Waals surface area contributed by atoms with Gasteiger partial charge in [0.15, 0.2) is 0 Å². The molecule has 1 aromatic heterocycles. The molecule has 0 radical (unpaired) electrons. The van der Waals surface area contributed by atoms with Crippen molar-refractivity contribution < 1.29 is 0 Å². The number of rotatable bonds is 2. The fraction of sp³-hybridized carbons (Fsp3) is 0.0667. The smallest absolute Gasteiger partial charge is 0.0887 e. The molecule has 0 N–H and O–H groups in total. The minimum absolute atomic E-state index is 0.160. The molecule has 3 rings (SSSR count). The summed E-state index contributed by atoms with van der Waals surface area (Å²) >= 11 is 15.1. The third kappa shape index (κ3) is 2.62. The predicted molar refractivity (Wildman–Crippen MR) is 91.7 cm³/mol. The Hall–Kier alpha value is -0.350. The first-order valence-electron chi connectivity index (χ1n) is 5.73. The fourth-order valence-corrected chi connectivity index (χ4v) is 4.67. The zero-order chi connectivity index (χ0) is 13.4. The third-order valence-electron chi connectivity index (χ3n) is 3.01. The molecule has 0 bridgehead atoms. The first-order valence-corrected chi connectivity index (χ1v) is 8.63. The monoisotopic (exact) mass is 414 g/mol. The highest BCUT2D eigenvalue weighted by molar-refractivity contribution is 9.11. The normalized spacial score (nSPS) is 12.8. The summed E-state index contributed by atoms with van der Waals surface area (Å²) in [6.45, 7) is 0. The molecule has 96 valence electrons. The molecule has 0 amide bonds. The van der Waals surface area contributed by atoms with E-state index in [1.807, 2.05) is 6.07 Å². The molecule has 0 fully saturated rings. The lowest BCUT2D eigenvalue weighted by molar-refractivity contribution is 1.25. The van der Waals surface area contributed by atoms with Crippen LogP contribution in [-0.4, -0.2) is 0 Å². The molecular formula is C15H9Br2ClS. The number of thiophene rings is 1. The van der Waals surface area contributed by atoms with E-state index in [1.54, 1.807) is 11.3 Å². The van der Waals surface area contributed by atoms with E-state index in [9.17, 15) is 0 Å². The Bertz CT molecular complexity index is 711. The quantitative estimate of drug-likeness (QED) is 0.403. The number of fused-ring (bicyclic) bond motifs is 1.